The van der Waals surface area contributed by atoms with Crippen LogP contribution in [0.3, 0.4) is 0 Å². The Balaban J connectivity index is 2.08. The minimum Gasteiger partial charge on any atom is -0.373 e. The summed E-state index contributed by atoms with van der Waals surface area (Å²) >= 11 is 0. The number of nitrogens with one attached hydrogen (secondary N) is 2. The van der Waals surface area contributed by atoms with Crippen LogP contribution in [0.4, 0.5) is 11.6 Å². The first-order valence-electron chi connectivity index (χ1n) is 6.56. The van der Waals surface area contributed by atoms with Gasteiger partial charge in [-0.1, -0.05) is 36.8 Å². The van der Waals surface area contributed by atoms with Gasteiger partial charge in [-0.2, -0.15) is 0 Å². The van der Waals surface area contributed by atoms with Gasteiger partial charge in [0.2, 0.25) is 0 Å². The zero-order chi connectivity index (χ0) is 13.7. The molecule has 0 aliphatic heterocycles. The maximum atomic E-state index is 4.47. The van der Waals surface area contributed by atoms with E-state index in [0.717, 1.165) is 30.4 Å². The molecule has 0 amide bonds. The number of hydrogen-bond acceptors (Lipinski definition) is 4. The topological polar surface area (TPSA) is 49.8 Å². The van der Waals surface area contributed by atoms with Crippen molar-refractivity contribution in [3.05, 3.63) is 47.3 Å². The SMILES string of the molecule is CCc1nc(NC)cc(NCc2ccc(C)cc2)n1. The number of aromatic nitrogens is 2. The Bertz CT molecular complexity index is 512. The molecule has 0 radical (unpaired) electrons. The maximum Gasteiger partial charge on any atom is 0.132 e. The lowest BCUT2D eigenvalue weighted by atomic mass is 10.1. The first-order valence-corrected chi connectivity index (χ1v) is 6.56. The summed E-state index contributed by atoms with van der Waals surface area (Å²) in [6.07, 6.45) is 0.828. The van der Waals surface area contributed by atoms with E-state index in [9.17, 15) is 0 Å². The van der Waals surface area contributed by atoms with E-state index in [-0.39, 0.29) is 0 Å². The Morgan fingerprint density at radius 1 is 1.05 bits per heavy atom. The smallest absolute Gasteiger partial charge is 0.132 e. The molecule has 1 heterocycles. The Labute approximate surface area is 114 Å². The minimum absolute atomic E-state index is 0.767. The fourth-order valence-corrected chi connectivity index (χ4v) is 1.77. The van der Waals surface area contributed by atoms with Crippen LogP contribution in [0.25, 0.3) is 0 Å². The molecule has 0 bridgehead atoms. The van der Waals surface area contributed by atoms with E-state index in [1.54, 1.807) is 0 Å². The molecule has 0 aliphatic carbocycles. The second-order valence-corrected chi connectivity index (χ2v) is 4.50. The number of nitrogens with zero attached hydrogens (tertiary/aromatic N) is 2. The first-order chi connectivity index (χ1) is 9.21. The van der Waals surface area contributed by atoms with Crippen molar-refractivity contribution >= 4 is 11.6 Å². The van der Waals surface area contributed by atoms with Crippen LogP contribution in [-0.4, -0.2) is 17.0 Å². The van der Waals surface area contributed by atoms with Crippen LogP contribution in [-0.2, 0) is 13.0 Å². The fourth-order valence-electron chi connectivity index (χ4n) is 1.77. The molecule has 4 heteroatoms. The van der Waals surface area contributed by atoms with Gasteiger partial charge in [-0.25, -0.2) is 9.97 Å². The standard InChI is InChI=1S/C15H20N4/c1-4-13-18-14(16-3)9-15(19-13)17-10-12-7-5-11(2)6-8-12/h5-9H,4,10H2,1-3H3,(H2,16,17,18,19). The minimum atomic E-state index is 0.767. The quantitative estimate of drug-likeness (QED) is 0.863. The highest BCUT2D eigenvalue weighted by molar-refractivity contribution is 5.47. The molecule has 1 aromatic heterocycles. The first kappa shape index (κ1) is 13.3. The summed E-state index contributed by atoms with van der Waals surface area (Å²) in [6.45, 7) is 4.91. The predicted molar refractivity (Wildman–Crippen MR) is 79.5 cm³/mol. The van der Waals surface area contributed by atoms with Crippen LogP contribution < -0.4 is 10.6 Å². The number of hydrogen-bond donors (Lipinski definition) is 2. The number of benzene rings is 1. The van der Waals surface area contributed by atoms with E-state index < -0.39 is 0 Å². The summed E-state index contributed by atoms with van der Waals surface area (Å²) in [5, 5.41) is 6.40. The van der Waals surface area contributed by atoms with Crippen molar-refractivity contribution in [1.29, 1.82) is 0 Å². The second-order valence-electron chi connectivity index (χ2n) is 4.50. The lowest BCUT2D eigenvalue weighted by molar-refractivity contribution is 0.934. The normalized spacial score (nSPS) is 10.3. The van der Waals surface area contributed by atoms with Crippen LogP contribution in [0.15, 0.2) is 30.3 Å². The van der Waals surface area contributed by atoms with Crippen molar-refractivity contribution in [2.75, 3.05) is 17.7 Å². The zero-order valence-electron chi connectivity index (χ0n) is 11.7. The van der Waals surface area contributed by atoms with E-state index in [0.29, 0.717) is 0 Å². The zero-order valence-corrected chi connectivity index (χ0v) is 11.7. The van der Waals surface area contributed by atoms with E-state index in [1.807, 2.05) is 13.1 Å². The molecule has 2 N–H and O–H groups in total. The number of anilines is 2. The molecule has 2 aromatic rings. The molecule has 0 unspecified atom stereocenters. The molecule has 0 saturated carbocycles. The van der Waals surface area contributed by atoms with Gasteiger partial charge in [0, 0.05) is 26.1 Å². The lowest BCUT2D eigenvalue weighted by Crippen LogP contribution is -2.06. The molecular formula is C15H20N4. The third-order valence-corrected chi connectivity index (χ3v) is 2.94. The number of aryl methyl sites for hydroxylation is 2. The molecule has 4 nitrogen and oxygen atoms in total. The monoisotopic (exact) mass is 256 g/mol. The Kier molecular flexibility index (Phi) is 4.34. The highest BCUT2D eigenvalue weighted by atomic mass is 15.1. The van der Waals surface area contributed by atoms with Gasteiger partial charge in [0.1, 0.15) is 17.5 Å². The Morgan fingerprint density at radius 2 is 1.74 bits per heavy atom. The van der Waals surface area contributed by atoms with Crippen LogP contribution in [0.1, 0.15) is 23.9 Å². The van der Waals surface area contributed by atoms with Gasteiger partial charge in [-0.3, -0.25) is 0 Å². The van der Waals surface area contributed by atoms with Gasteiger partial charge < -0.3 is 10.6 Å². The summed E-state index contributed by atoms with van der Waals surface area (Å²) in [5.41, 5.74) is 2.52. The van der Waals surface area contributed by atoms with Crippen molar-refractivity contribution < 1.29 is 0 Å². The Hall–Kier alpha value is -2.10. The summed E-state index contributed by atoms with van der Waals surface area (Å²) in [4.78, 5) is 8.84. The summed E-state index contributed by atoms with van der Waals surface area (Å²) in [5.74, 6) is 2.55. The molecule has 1 aromatic carbocycles. The predicted octanol–water partition coefficient (Wildman–Crippen LogP) is 3.00. The third-order valence-electron chi connectivity index (χ3n) is 2.94. The third kappa shape index (κ3) is 3.68. The van der Waals surface area contributed by atoms with Crippen molar-refractivity contribution in [1.82, 2.24) is 9.97 Å². The lowest BCUT2D eigenvalue weighted by Gasteiger charge is -2.09. The molecule has 0 saturated heterocycles. The van der Waals surface area contributed by atoms with Gasteiger partial charge in [0.15, 0.2) is 0 Å². The van der Waals surface area contributed by atoms with Crippen LogP contribution in [0.5, 0.6) is 0 Å². The second kappa shape index (κ2) is 6.18. The molecule has 0 atom stereocenters. The summed E-state index contributed by atoms with van der Waals surface area (Å²) in [6, 6.07) is 10.4. The fraction of sp³-hybridized carbons (Fsp3) is 0.333. The summed E-state index contributed by atoms with van der Waals surface area (Å²) in [7, 11) is 1.87. The Morgan fingerprint density at radius 3 is 2.37 bits per heavy atom. The molecule has 0 fully saturated rings. The average molecular weight is 256 g/mol. The largest absolute Gasteiger partial charge is 0.373 e. The van der Waals surface area contributed by atoms with Crippen LogP contribution in [0.2, 0.25) is 0 Å². The number of rotatable bonds is 5. The maximum absolute atomic E-state index is 4.47. The highest BCUT2D eigenvalue weighted by Gasteiger charge is 2.02. The molecule has 2 rings (SSSR count). The molecule has 0 spiro atoms. The van der Waals surface area contributed by atoms with E-state index in [1.165, 1.54) is 11.1 Å². The summed E-state index contributed by atoms with van der Waals surface area (Å²) < 4.78 is 0. The van der Waals surface area contributed by atoms with Gasteiger partial charge in [-0.05, 0) is 12.5 Å². The molecular weight excluding hydrogens is 236 g/mol. The average Bonchev–Trinajstić information content (AvgIpc) is 2.46. The molecule has 100 valence electrons. The van der Waals surface area contributed by atoms with Crippen LogP contribution in [0, 0.1) is 6.92 Å². The van der Waals surface area contributed by atoms with E-state index in [2.05, 4.69) is 58.7 Å². The van der Waals surface area contributed by atoms with Crippen LogP contribution >= 0.6 is 0 Å². The van der Waals surface area contributed by atoms with Gasteiger partial charge in [0.25, 0.3) is 0 Å². The molecule has 0 aliphatic rings. The van der Waals surface area contributed by atoms with E-state index in [4.69, 9.17) is 0 Å². The van der Waals surface area contributed by atoms with Gasteiger partial charge in [-0.15, -0.1) is 0 Å². The van der Waals surface area contributed by atoms with E-state index >= 15 is 0 Å². The van der Waals surface area contributed by atoms with Crippen molar-refractivity contribution in [2.24, 2.45) is 0 Å². The molecule has 19 heavy (non-hydrogen) atoms. The van der Waals surface area contributed by atoms with Crippen molar-refractivity contribution in [2.45, 2.75) is 26.8 Å². The highest BCUT2D eigenvalue weighted by Crippen LogP contribution is 2.13. The van der Waals surface area contributed by atoms with Gasteiger partial charge >= 0.3 is 0 Å². The van der Waals surface area contributed by atoms with Gasteiger partial charge in [0.05, 0.1) is 0 Å². The van der Waals surface area contributed by atoms with Crippen molar-refractivity contribution in [3.63, 3.8) is 0 Å². The van der Waals surface area contributed by atoms with Crippen molar-refractivity contribution in [3.8, 4) is 0 Å².